The summed E-state index contributed by atoms with van der Waals surface area (Å²) in [7, 11) is 0. The van der Waals surface area contributed by atoms with Crippen LogP contribution in [-0.4, -0.2) is 29.3 Å². The Bertz CT molecular complexity index is 383. The van der Waals surface area contributed by atoms with Crippen molar-refractivity contribution in [2.75, 3.05) is 18.9 Å². The summed E-state index contributed by atoms with van der Waals surface area (Å²) >= 11 is 2.00. The molecular weight excluding hydrogens is 242 g/mol. The van der Waals surface area contributed by atoms with E-state index in [0.29, 0.717) is 23.8 Å². The Morgan fingerprint density at radius 3 is 2.94 bits per heavy atom. The van der Waals surface area contributed by atoms with Crippen LogP contribution in [0.25, 0.3) is 0 Å². The van der Waals surface area contributed by atoms with E-state index >= 15 is 0 Å². The molecule has 2 N–H and O–H groups in total. The number of rotatable bonds is 6. The van der Waals surface area contributed by atoms with Gasteiger partial charge in [-0.05, 0) is 35.8 Å². The summed E-state index contributed by atoms with van der Waals surface area (Å²) in [6, 6.07) is 9.23. The zero-order valence-corrected chi connectivity index (χ0v) is 12.0. The van der Waals surface area contributed by atoms with E-state index in [4.69, 9.17) is 5.11 Å². The van der Waals surface area contributed by atoms with Gasteiger partial charge in [0, 0.05) is 17.9 Å². The Labute approximate surface area is 114 Å². The summed E-state index contributed by atoms with van der Waals surface area (Å²) in [6.45, 7) is 5.57. The van der Waals surface area contributed by atoms with Gasteiger partial charge in [-0.3, -0.25) is 0 Å². The summed E-state index contributed by atoms with van der Waals surface area (Å²) < 4.78 is 0. The van der Waals surface area contributed by atoms with Crippen LogP contribution in [0.4, 0.5) is 0 Å². The van der Waals surface area contributed by atoms with Gasteiger partial charge in [0.25, 0.3) is 0 Å². The number of hydrogen-bond donors (Lipinski definition) is 2. The lowest BCUT2D eigenvalue weighted by Crippen LogP contribution is -2.27. The first-order valence-corrected chi connectivity index (χ1v) is 7.84. The second-order valence-electron chi connectivity index (χ2n) is 5.10. The Morgan fingerprint density at radius 1 is 1.44 bits per heavy atom. The number of benzene rings is 1. The van der Waals surface area contributed by atoms with E-state index in [2.05, 4.69) is 43.4 Å². The second-order valence-corrected chi connectivity index (χ2v) is 6.37. The van der Waals surface area contributed by atoms with Gasteiger partial charge in [0.15, 0.2) is 0 Å². The Kier molecular flexibility index (Phi) is 5.10. The fraction of sp³-hybridized carbons (Fsp3) is 0.600. The van der Waals surface area contributed by atoms with Gasteiger partial charge in [0.1, 0.15) is 0 Å². The minimum atomic E-state index is 0.290. The molecule has 3 unspecified atom stereocenters. The van der Waals surface area contributed by atoms with Gasteiger partial charge in [0.2, 0.25) is 0 Å². The van der Waals surface area contributed by atoms with E-state index in [1.54, 1.807) is 0 Å². The third-order valence-corrected chi connectivity index (χ3v) is 5.14. The van der Waals surface area contributed by atoms with Gasteiger partial charge in [-0.15, -0.1) is 0 Å². The molecule has 0 heterocycles. The fourth-order valence-corrected chi connectivity index (χ4v) is 3.93. The minimum absolute atomic E-state index is 0.290. The molecule has 100 valence electrons. The first kappa shape index (κ1) is 13.9. The Balaban J connectivity index is 2.04. The minimum Gasteiger partial charge on any atom is -0.396 e. The predicted octanol–water partition coefficient (Wildman–Crippen LogP) is 2.62. The lowest BCUT2D eigenvalue weighted by molar-refractivity contribution is 0.250. The van der Waals surface area contributed by atoms with Crippen LogP contribution in [-0.2, 0) is 6.42 Å². The number of nitrogens with one attached hydrogen (secondary N) is 1. The van der Waals surface area contributed by atoms with E-state index in [0.717, 1.165) is 18.7 Å². The van der Waals surface area contributed by atoms with Crippen LogP contribution in [0, 0.1) is 5.92 Å². The molecule has 2 rings (SSSR count). The molecule has 18 heavy (non-hydrogen) atoms. The van der Waals surface area contributed by atoms with Crippen molar-refractivity contribution in [2.24, 2.45) is 5.92 Å². The molecule has 0 spiro atoms. The third kappa shape index (κ3) is 3.08. The highest BCUT2D eigenvalue weighted by molar-refractivity contribution is 7.99. The molecule has 0 saturated carbocycles. The molecule has 3 atom stereocenters. The van der Waals surface area contributed by atoms with Crippen LogP contribution in [0.2, 0.25) is 0 Å². The van der Waals surface area contributed by atoms with Crippen molar-refractivity contribution < 1.29 is 5.11 Å². The molecule has 0 aliphatic heterocycles. The lowest BCUT2D eigenvalue weighted by Gasteiger charge is -2.22. The predicted molar refractivity (Wildman–Crippen MR) is 79.1 cm³/mol. The zero-order valence-electron chi connectivity index (χ0n) is 11.2. The summed E-state index contributed by atoms with van der Waals surface area (Å²) in [5.41, 5.74) is 2.95. The molecule has 0 bridgehead atoms. The number of hydrogen-bond acceptors (Lipinski definition) is 3. The molecule has 1 aromatic carbocycles. The molecule has 3 heteroatoms. The zero-order chi connectivity index (χ0) is 13.0. The van der Waals surface area contributed by atoms with Crippen LogP contribution < -0.4 is 5.32 Å². The van der Waals surface area contributed by atoms with Crippen molar-refractivity contribution >= 4 is 11.8 Å². The number of aliphatic hydroxyl groups is 1. The number of fused-ring (bicyclic) bond motifs is 1. The molecule has 1 aliphatic carbocycles. The van der Waals surface area contributed by atoms with Crippen LogP contribution in [0.3, 0.4) is 0 Å². The maximum Gasteiger partial charge on any atom is 0.0464 e. The van der Waals surface area contributed by atoms with E-state index in [1.165, 1.54) is 11.1 Å². The average molecular weight is 265 g/mol. The van der Waals surface area contributed by atoms with E-state index in [-0.39, 0.29) is 0 Å². The van der Waals surface area contributed by atoms with Gasteiger partial charge in [0.05, 0.1) is 0 Å². The monoisotopic (exact) mass is 265 g/mol. The van der Waals surface area contributed by atoms with Gasteiger partial charge in [-0.2, -0.15) is 11.8 Å². The molecule has 1 aliphatic rings. The van der Waals surface area contributed by atoms with Crippen molar-refractivity contribution in [2.45, 2.75) is 31.6 Å². The lowest BCUT2D eigenvalue weighted by atomic mass is 10.1. The van der Waals surface area contributed by atoms with Crippen LogP contribution in [0.5, 0.6) is 0 Å². The number of thioether (sulfide) groups is 1. The highest BCUT2D eigenvalue weighted by atomic mass is 32.2. The topological polar surface area (TPSA) is 32.3 Å². The molecule has 0 radical (unpaired) electrons. The molecule has 0 fully saturated rings. The van der Waals surface area contributed by atoms with Gasteiger partial charge >= 0.3 is 0 Å². The molecule has 0 aromatic heterocycles. The summed E-state index contributed by atoms with van der Waals surface area (Å²) in [4.78, 5) is 0. The highest BCUT2D eigenvalue weighted by Crippen LogP contribution is 2.38. The molecular formula is C15H23NOS. The van der Waals surface area contributed by atoms with E-state index < -0.39 is 0 Å². The van der Waals surface area contributed by atoms with Crippen molar-refractivity contribution in [3.8, 4) is 0 Å². The normalized spacial score (nSPS) is 23.9. The van der Waals surface area contributed by atoms with Crippen molar-refractivity contribution in [3.63, 3.8) is 0 Å². The quantitative estimate of drug-likeness (QED) is 0.829. The fourth-order valence-electron chi connectivity index (χ4n) is 2.52. The third-order valence-electron chi connectivity index (χ3n) is 3.51. The van der Waals surface area contributed by atoms with E-state index in [9.17, 15) is 0 Å². The van der Waals surface area contributed by atoms with Gasteiger partial charge in [-0.25, -0.2) is 0 Å². The SMILES string of the molecule is CCNC1c2ccccc2CC1SCC(C)CO. The Morgan fingerprint density at radius 2 is 2.22 bits per heavy atom. The average Bonchev–Trinajstić information content (AvgIpc) is 2.75. The smallest absolute Gasteiger partial charge is 0.0464 e. The second kappa shape index (κ2) is 6.60. The first-order valence-electron chi connectivity index (χ1n) is 6.79. The number of aliphatic hydroxyl groups excluding tert-OH is 1. The van der Waals surface area contributed by atoms with E-state index in [1.807, 2.05) is 11.8 Å². The maximum absolute atomic E-state index is 9.12. The van der Waals surface area contributed by atoms with Gasteiger partial charge < -0.3 is 10.4 Å². The molecule has 2 nitrogen and oxygen atoms in total. The summed E-state index contributed by atoms with van der Waals surface area (Å²) in [6.07, 6.45) is 1.15. The highest BCUT2D eigenvalue weighted by Gasteiger charge is 2.31. The van der Waals surface area contributed by atoms with Crippen molar-refractivity contribution in [1.82, 2.24) is 5.32 Å². The Hall–Kier alpha value is -0.510. The van der Waals surface area contributed by atoms with Crippen molar-refractivity contribution in [1.29, 1.82) is 0 Å². The molecule has 0 amide bonds. The van der Waals surface area contributed by atoms with Crippen LogP contribution in [0.1, 0.15) is 31.0 Å². The van der Waals surface area contributed by atoms with Crippen LogP contribution in [0.15, 0.2) is 24.3 Å². The largest absolute Gasteiger partial charge is 0.396 e. The van der Waals surface area contributed by atoms with Crippen molar-refractivity contribution in [3.05, 3.63) is 35.4 Å². The molecule has 0 saturated heterocycles. The first-order chi connectivity index (χ1) is 8.76. The van der Waals surface area contributed by atoms with Crippen LogP contribution >= 0.6 is 11.8 Å². The summed E-state index contributed by atoms with van der Waals surface area (Å²) in [5, 5.41) is 13.3. The maximum atomic E-state index is 9.12. The van der Waals surface area contributed by atoms with Gasteiger partial charge in [-0.1, -0.05) is 38.1 Å². The standard InChI is InChI=1S/C15H23NOS/c1-3-16-15-13-7-5-4-6-12(13)8-14(15)18-10-11(2)9-17/h4-7,11,14-17H,3,8-10H2,1-2H3. The summed E-state index contributed by atoms with van der Waals surface area (Å²) in [5.74, 6) is 1.43. The molecule has 1 aromatic rings.